The fraction of sp³-hybridized carbons (Fsp3) is 0.692. The monoisotopic (exact) mass is 541 g/mol. The Morgan fingerprint density at radius 3 is 2.41 bits per heavy atom. The number of likely N-dealkylation sites (N-methyl/N-ethyl adjacent to an activating group) is 1. The molecule has 1 saturated carbocycles. The van der Waals surface area contributed by atoms with E-state index in [0.29, 0.717) is 31.7 Å². The molecule has 3 rings (SSSR count). The molecule has 2 aliphatic rings. The van der Waals surface area contributed by atoms with Crippen LogP contribution in [0.4, 0.5) is 0 Å². The van der Waals surface area contributed by atoms with Crippen molar-refractivity contribution in [3.63, 3.8) is 0 Å². The third-order valence-electron chi connectivity index (χ3n) is 7.38. The Morgan fingerprint density at radius 2 is 1.79 bits per heavy atom. The Morgan fingerprint density at radius 1 is 1.12 bits per heavy atom. The smallest absolute Gasteiger partial charge is 0.392 e. The highest BCUT2D eigenvalue weighted by atomic mass is 79.9. The van der Waals surface area contributed by atoms with Crippen LogP contribution in [0.25, 0.3) is 0 Å². The largest absolute Gasteiger partial charge is 1.00 e. The molecule has 0 spiro atoms. The van der Waals surface area contributed by atoms with E-state index in [2.05, 4.69) is 6.92 Å². The van der Waals surface area contributed by atoms with Gasteiger partial charge in [0, 0.05) is 12.3 Å². The predicted molar refractivity (Wildman–Crippen MR) is 124 cm³/mol. The van der Waals surface area contributed by atoms with Gasteiger partial charge in [-0.15, -0.1) is 0 Å². The van der Waals surface area contributed by atoms with Crippen LogP contribution in [0.5, 0.6) is 0 Å². The maximum Gasteiger partial charge on any atom is 0.392 e. The number of halogens is 1. The van der Waals surface area contributed by atoms with E-state index in [0.717, 1.165) is 51.4 Å². The van der Waals surface area contributed by atoms with Crippen LogP contribution in [-0.2, 0) is 24.7 Å². The van der Waals surface area contributed by atoms with Gasteiger partial charge in [0.15, 0.2) is 11.7 Å². The van der Waals surface area contributed by atoms with Gasteiger partial charge in [0.25, 0.3) is 6.23 Å². The van der Waals surface area contributed by atoms with E-state index in [1.807, 2.05) is 25.2 Å². The van der Waals surface area contributed by atoms with Gasteiger partial charge in [-0.05, 0) is 24.8 Å². The van der Waals surface area contributed by atoms with Gasteiger partial charge >= 0.3 is 11.9 Å². The molecule has 1 aromatic rings. The van der Waals surface area contributed by atoms with Gasteiger partial charge in [0.1, 0.15) is 6.54 Å². The number of aliphatic hydroxyl groups is 1. The molecule has 3 unspecified atom stereocenters. The molecule has 0 amide bonds. The van der Waals surface area contributed by atoms with E-state index in [4.69, 9.17) is 9.47 Å². The van der Waals surface area contributed by atoms with Gasteiger partial charge in [0.05, 0.1) is 20.2 Å². The van der Waals surface area contributed by atoms with Gasteiger partial charge in [-0.3, -0.25) is 4.48 Å². The molecule has 0 aromatic heterocycles. The molecule has 2 fully saturated rings. The van der Waals surface area contributed by atoms with Gasteiger partial charge in [-0.25, -0.2) is 9.59 Å². The molecule has 7 nitrogen and oxygen atoms in total. The van der Waals surface area contributed by atoms with Crippen molar-refractivity contribution in [3.05, 3.63) is 35.9 Å². The maximum absolute atomic E-state index is 13.4. The van der Waals surface area contributed by atoms with Gasteiger partial charge in [-0.2, -0.15) is 0 Å². The summed E-state index contributed by atoms with van der Waals surface area (Å²) in [6.07, 6.45) is 6.72. The number of carbonyl (C=O) groups excluding carboxylic acids is 1. The SMILES string of the molecule is CCCCCCOC(C(=O)O)[N+]1(C)CCC(OC(=O)[C@](O)(c2ccccc2)C2CCCC2)C1.[Br-]. The Labute approximate surface area is 213 Å². The van der Waals surface area contributed by atoms with E-state index in [1.165, 1.54) is 0 Å². The molecule has 1 aliphatic heterocycles. The second kappa shape index (κ2) is 13.0. The molecule has 1 heterocycles. The first-order valence-electron chi connectivity index (χ1n) is 12.5. The Bertz CT molecular complexity index is 787. The fourth-order valence-electron chi connectivity index (χ4n) is 5.43. The number of benzene rings is 1. The molecule has 0 radical (unpaired) electrons. The summed E-state index contributed by atoms with van der Waals surface area (Å²) in [7, 11) is 1.85. The number of likely N-dealkylation sites (tertiary alicyclic amines) is 1. The zero-order valence-electron chi connectivity index (χ0n) is 20.5. The summed E-state index contributed by atoms with van der Waals surface area (Å²) >= 11 is 0. The average molecular weight is 543 g/mol. The standard InChI is InChI=1S/C26H39NO6.BrH/c1-3-4-5-11-18-32-23(24(28)29)27(2)17-16-22(19-27)33-25(30)26(31,21-14-9-10-15-21)20-12-7-6-8-13-20;/h6-8,12-13,21-23,31H,3-5,9-11,14-19H2,1-2H3;1H/t22?,23?,26-,27?;/m0./s1. The van der Waals surface area contributed by atoms with Gasteiger partial charge in [0.2, 0.25) is 0 Å². The highest BCUT2D eigenvalue weighted by Crippen LogP contribution is 2.42. The first-order chi connectivity index (χ1) is 15.8. The normalized spacial score (nSPS) is 25.3. The number of hydrogen-bond acceptors (Lipinski definition) is 5. The summed E-state index contributed by atoms with van der Waals surface area (Å²) in [6, 6.07) is 9.06. The highest BCUT2D eigenvalue weighted by Gasteiger charge is 2.51. The number of rotatable bonds is 12. The molecule has 1 aromatic carbocycles. The van der Waals surface area contributed by atoms with Crippen molar-refractivity contribution in [2.75, 3.05) is 26.7 Å². The third kappa shape index (κ3) is 6.59. The fourth-order valence-corrected chi connectivity index (χ4v) is 5.43. The minimum Gasteiger partial charge on any atom is -1.00 e. The van der Waals surface area contributed by atoms with Crippen molar-refractivity contribution < 1.29 is 50.7 Å². The van der Waals surface area contributed by atoms with Crippen LogP contribution in [0.2, 0.25) is 0 Å². The van der Waals surface area contributed by atoms with Crippen LogP contribution >= 0.6 is 0 Å². The molecule has 0 bridgehead atoms. The average Bonchev–Trinajstić information content (AvgIpc) is 3.47. The molecule has 34 heavy (non-hydrogen) atoms. The highest BCUT2D eigenvalue weighted by molar-refractivity contribution is 5.81. The zero-order chi connectivity index (χ0) is 23.9. The molecule has 192 valence electrons. The van der Waals surface area contributed by atoms with E-state index in [9.17, 15) is 19.8 Å². The summed E-state index contributed by atoms with van der Waals surface area (Å²) in [4.78, 5) is 25.3. The summed E-state index contributed by atoms with van der Waals surface area (Å²) in [5.74, 6) is -1.79. The number of ether oxygens (including phenoxy) is 2. The van der Waals surface area contributed by atoms with Crippen molar-refractivity contribution in [3.8, 4) is 0 Å². The number of aliphatic carboxylic acids is 1. The van der Waals surface area contributed by atoms with Crippen LogP contribution in [-0.4, -0.2) is 65.7 Å². The second-order valence-corrected chi connectivity index (χ2v) is 9.94. The molecule has 2 N–H and O–H groups in total. The summed E-state index contributed by atoms with van der Waals surface area (Å²) in [5.41, 5.74) is -1.11. The van der Waals surface area contributed by atoms with E-state index >= 15 is 0 Å². The first-order valence-corrected chi connectivity index (χ1v) is 12.5. The Hall–Kier alpha value is -1.48. The van der Waals surface area contributed by atoms with E-state index in [1.54, 1.807) is 12.1 Å². The number of carbonyl (C=O) groups is 2. The van der Waals surface area contributed by atoms with Crippen LogP contribution in [0.1, 0.15) is 70.3 Å². The van der Waals surface area contributed by atoms with Crippen LogP contribution < -0.4 is 17.0 Å². The number of nitrogens with zero attached hydrogens (tertiary/aromatic N) is 1. The van der Waals surface area contributed by atoms with E-state index in [-0.39, 0.29) is 27.4 Å². The van der Waals surface area contributed by atoms with Crippen molar-refractivity contribution in [2.24, 2.45) is 5.92 Å². The minimum atomic E-state index is -1.67. The number of esters is 1. The van der Waals surface area contributed by atoms with Crippen molar-refractivity contribution >= 4 is 11.9 Å². The molecular weight excluding hydrogens is 502 g/mol. The Balaban J connectivity index is 0.00000408. The summed E-state index contributed by atoms with van der Waals surface area (Å²) in [5, 5.41) is 21.4. The first kappa shape index (κ1) is 28.8. The van der Waals surface area contributed by atoms with Gasteiger partial charge in [-0.1, -0.05) is 69.4 Å². The maximum atomic E-state index is 13.4. The predicted octanol–water partition coefficient (Wildman–Crippen LogP) is 0.838. The van der Waals surface area contributed by atoms with Crippen molar-refractivity contribution in [1.82, 2.24) is 0 Å². The number of hydrogen-bond donors (Lipinski definition) is 2. The zero-order valence-corrected chi connectivity index (χ0v) is 22.0. The quantitative estimate of drug-likeness (QED) is 0.231. The summed E-state index contributed by atoms with van der Waals surface area (Å²) < 4.78 is 11.8. The van der Waals surface area contributed by atoms with Crippen LogP contribution in [0, 0.1) is 5.92 Å². The van der Waals surface area contributed by atoms with Gasteiger partial charge < -0.3 is 36.7 Å². The number of quaternary nitrogens is 1. The third-order valence-corrected chi connectivity index (χ3v) is 7.38. The minimum absolute atomic E-state index is 0. The molecule has 1 saturated heterocycles. The Kier molecular flexibility index (Phi) is 11.0. The van der Waals surface area contributed by atoms with Crippen LogP contribution in [0.15, 0.2) is 30.3 Å². The number of unbranched alkanes of at least 4 members (excludes halogenated alkanes) is 3. The molecular formula is C26H40BrNO6. The number of carboxylic acid groups (broad SMARTS) is 1. The second-order valence-electron chi connectivity index (χ2n) is 9.94. The van der Waals surface area contributed by atoms with Crippen LogP contribution in [0.3, 0.4) is 0 Å². The lowest BCUT2D eigenvalue weighted by Crippen LogP contribution is -3.00. The lowest BCUT2D eigenvalue weighted by atomic mass is 9.80. The molecule has 4 atom stereocenters. The molecule has 8 heteroatoms. The lowest BCUT2D eigenvalue weighted by Gasteiger charge is -2.35. The number of carboxylic acids is 1. The van der Waals surface area contributed by atoms with Crippen molar-refractivity contribution in [2.45, 2.75) is 82.6 Å². The molecule has 1 aliphatic carbocycles. The summed E-state index contributed by atoms with van der Waals surface area (Å²) in [6.45, 7) is 3.43. The topological polar surface area (TPSA) is 93.1 Å². The lowest BCUT2D eigenvalue weighted by molar-refractivity contribution is -0.936. The van der Waals surface area contributed by atoms with Crippen molar-refractivity contribution in [1.29, 1.82) is 0 Å². The van der Waals surface area contributed by atoms with E-state index < -0.39 is 29.9 Å².